The molecule has 0 fully saturated rings. The maximum atomic E-state index is 12.5. The monoisotopic (exact) mass is 368 g/mol. The number of hydrogen-bond donors (Lipinski definition) is 1. The highest BCUT2D eigenvalue weighted by Gasteiger charge is 2.11. The lowest BCUT2D eigenvalue weighted by atomic mass is 10.1. The number of hydrogen-bond acceptors (Lipinski definition) is 4. The summed E-state index contributed by atoms with van der Waals surface area (Å²) in [6.07, 6.45) is 4.38. The van der Waals surface area contributed by atoms with E-state index < -0.39 is 0 Å². The SMILES string of the molecule is CCCCc1ccc2nc(NC(=O)c3cccc(OCCC)c3)sc2c1. The maximum absolute atomic E-state index is 12.5. The van der Waals surface area contributed by atoms with E-state index in [9.17, 15) is 4.79 Å². The van der Waals surface area contributed by atoms with Crippen molar-refractivity contribution < 1.29 is 9.53 Å². The summed E-state index contributed by atoms with van der Waals surface area (Å²) in [5.74, 6) is 0.543. The molecule has 0 aliphatic heterocycles. The van der Waals surface area contributed by atoms with Gasteiger partial charge in [-0.3, -0.25) is 10.1 Å². The summed E-state index contributed by atoms with van der Waals surface area (Å²) < 4.78 is 6.70. The summed E-state index contributed by atoms with van der Waals surface area (Å²) in [6.45, 7) is 4.89. The van der Waals surface area contributed by atoms with E-state index in [1.54, 1.807) is 12.1 Å². The van der Waals surface area contributed by atoms with Gasteiger partial charge in [-0.25, -0.2) is 4.98 Å². The van der Waals surface area contributed by atoms with Gasteiger partial charge in [-0.1, -0.05) is 43.7 Å². The van der Waals surface area contributed by atoms with Crippen molar-refractivity contribution in [2.45, 2.75) is 39.5 Å². The molecule has 0 saturated heterocycles. The molecule has 0 aliphatic carbocycles. The predicted octanol–water partition coefficient (Wildman–Crippen LogP) is 5.68. The van der Waals surface area contributed by atoms with Gasteiger partial charge in [0.15, 0.2) is 5.13 Å². The average Bonchev–Trinajstić information content (AvgIpc) is 3.06. The number of fused-ring (bicyclic) bond motifs is 1. The number of aryl methyl sites for hydroxylation is 1. The van der Waals surface area contributed by atoms with Crippen LogP contribution in [0.1, 0.15) is 49.0 Å². The summed E-state index contributed by atoms with van der Waals surface area (Å²) in [5, 5.41) is 3.53. The first-order valence-corrected chi connectivity index (χ1v) is 9.95. The number of aromatic nitrogens is 1. The van der Waals surface area contributed by atoms with Gasteiger partial charge in [0.05, 0.1) is 16.8 Å². The Morgan fingerprint density at radius 3 is 2.85 bits per heavy atom. The number of nitrogens with zero attached hydrogens (tertiary/aromatic N) is 1. The van der Waals surface area contributed by atoms with E-state index >= 15 is 0 Å². The Hall–Kier alpha value is -2.40. The van der Waals surface area contributed by atoms with Gasteiger partial charge in [0.2, 0.25) is 0 Å². The summed E-state index contributed by atoms with van der Waals surface area (Å²) in [6, 6.07) is 13.6. The van der Waals surface area contributed by atoms with Crippen LogP contribution in [-0.4, -0.2) is 17.5 Å². The Kier molecular flexibility index (Phi) is 6.23. The van der Waals surface area contributed by atoms with Gasteiger partial charge in [-0.15, -0.1) is 0 Å². The van der Waals surface area contributed by atoms with Gasteiger partial charge in [0.25, 0.3) is 5.91 Å². The van der Waals surface area contributed by atoms with E-state index in [4.69, 9.17) is 4.74 Å². The predicted molar refractivity (Wildman–Crippen MR) is 108 cm³/mol. The topological polar surface area (TPSA) is 51.2 Å². The van der Waals surface area contributed by atoms with E-state index in [-0.39, 0.29) is 5.91 Å². The van der Waals surface area contributed by atoms with Crippen LogP contribution in [0, 0.1) is 0 Å². The molecule has 0 radical (unpaired) electrons. The number of amides is 1. The van der Waals surface area contributed by atoms with Gasteiger partial charge >= 0.3 is 0 Å². The van der Waals surface area contributed by atoms with Gasteiger partial charge in [0, 0.05) is 5.56 Å². The van der Waals surface area contributed by atoms with Crippen LogP contribution >= 0.6 is 11.3 Å². The fraction of sp³-hybridized carbons (Fsp3) is 0.333. The molecule has 3 aromatic rings. The van der Waals surface area contributed by atoms with Crippen LogP contribution in [0.3, 0.4) is 0 Å². The molecule has 136 valence electrons. The number of carbonyl (C=O) groups excluding carboxylic acids is 1. The van der Waals surface area contributed by atoms with Gasteiger partial charge < -0.3 is 4.74 Å². The lowest BCUT2D eigenvalue weighted by Gasteiger charge is -2.06. The summed E-state index contributed by atoms with van der Waals surface area (Å²) in [5.41, 5.74) is 2.81. The number of carbonyl (C=O) groups is 1. The smallest absolute Gasteiger partial charge is 0.257 e. The molecule has 4 nitrogen and oxygen atoms in total. The molecule has 1 N–H and O–H groups in total. The molecule has 1 heterocycles. The third-order valence-electron chi connectivity index (χ3n) is 4.06. The van der Waals surface area contributed by atoms with Crippen molar-refractivity contribution in [3.05, 3.63) is 53.6 Å². The minimum absolute atomic E-state index is 0.169. The highest BCUT2D eigenvalue weighted by molar-refractivity contribution is 7.22. The first-order chi connectivity index (χ1) is 12.7. The molecule has 0 aliphatic rings. The van der Waals surface area contributed by atoms with Crippen LogP contribution in [0.2, 0.25) is 0 Å². The average molecular weight is 369 g/mol. The maximum Gasteiger partial charge on any atom is 0.257 e. The summed E-state index contributed by atoms with van der Waals surface area (Å²) in [4.78, 5) is 17.1. The van der Waals surface area contributed by atoms with Crippen molar-refractivity contribution >= 4 is 32.6 Å². The van der Waals surface area contributed by atoms with Gasteiger partial charge in [-0.2, -0.15) is 0 Å². The zero-order valence-corrected chi connectivity index (χ0v) is 16.1. The molecular formula is C21H24N2O2S. The minimum Gasteiger partial charge on any atom is -0.494 e. The van der Waals surface area contributed by atoms with Crippen molar-refractivity contribution in [3.63, 3.8) is 0 Å². The second-order valence-electron chi connectivity index (χ2n) is 6.26. The van der Waals surface area contributed by atoms with Gasteiger partial charge in [-0.05, 0) is 55.2 Å². The van der Waals surface area contributed by atoms with E-state index in [0.29, 0.717) is 23.1 Å². The third-order valence-corrected chi connectivity index (χ3v) is 4.99. The Morgan fingerprint density at radius 1 is 1.15 bits per heavy atom. The molecular weight excluding hydrogens is 344 g/mol. The lowest BCUT2D eigenvalue weighted by molar-refractivity contribution is 0.102. The quantitative estimate of drug-likeness (QED) is 0.556. The largest absolute Gasteiger partial charge is 0.494 e. The standard InChI is InChI=1S/C21H24N2O2S/c1-3-5-7-15-10-11-18-19(13-15)26-21(22-18)23-20(24)16-8-6-9-17(14-16)25-12-4-2/h6,8-11,13-14H,3-5,7,12H2,1-2H3,(H,22,23,24). The van der Waals surface area contributed by atoms with Crippen molar-refractivity contribution in [1.29, 1.82) is 0 Å². The molecule has 5 heteroatoms. The zero-order valence-electron chi connectivity index (χ0n) is 15.2. The van der Waals surface area contributed by atoms with Crippen LogP contribution in [0.25, 0.3) is 10.2 Å². The second kappa shape index (κ2) is 8.81. The molecule has 0 unspecified atom stereocenters. The molecule has 0 spiro atoms. The van der Waals surface area contributed by atoms with Crippen molar-refractivity contribution in [2.24, 2.45) is 0 Å². The normalized spacial score (nSPS) is 10.8. The third kappa shape index (κ3) is 4.61. The Morgan fingerprint density at radius 2 is 2.04 bits per heavy atom. The van der Waals surface area contributed by atoms with E-state index in [2.05, 4.69) is 36.3 Å². The highest BCUT2D eigenvalue weighted by Crippen LogP contribution is 2.28. The van der Waals surface area contributed by atoms with E-state index in [1.165, 1.54) is 29.7 Å². The van der Waals surface area contributed by atoms with E-state index in [0.717, 1.165) is 23.1 Å². The first-order valence-electron chi connectivity index (χ1n) is 9.13. The van der Waals surface area contributed by atoms with Crippen molar-refractivity contribution in [2.75, 3.05) is 11.9 Å². The molecule has 0 bridgehead atoms. The summed E-state index contributed by atoms with van der Waals surface area (Å²) in [7, 11) is 0. The number of unbranched alkanes of at least 4 members (excludes halogenated alkanes) is 1. The van der Waals surface area contributed by atoms with E-state index in [1.807, 2.05) is 18.2 Å². The second-order valence-corrected chi connectivity index (χ2v) is 7.29. The van der Waals surface area contributed by atoms with Crippen LogP contribution < -0.4 is 10.1 Å². The molecule has 0 atom stereocenters. The fourth-order valence-electron chi connectivity index (χ4n) is 2.68. The number of benzene rings is 2. The molecule has 3 rings (SSSR count). The van der Waals surface area contributed by atoms with Crippen LogP contribution in [-0.2, 0) is 6.42 Å². The fourth-order valence-corrected chi connectivity index (χ4v) is 3.60. The van der Waals surface area contributed by atoms with Crippen LogP contribution in [0.15, 0.2) is 42.5 Å². The molecule has 1 aromatic heterocycles. The van der Waals surface area contributed by atoms with Crippen molar-refractivity contribution in [3.8, 4) is 5.75 Å². The molecule has 1 amide bonds. The van der Waals surface area contributed by atoms with Crippen molar-refractivity contribution in [1.82, 2.24) is 4.98 Å². The summed E-state index contributed by atoms with van der Waals surface area (Å²) >= 11 is 1.51. The Balaban J connectivity index is 1.72. The molecule has 0 saturated carbocycles. The lowest BCUT2D eigenvalue weighted by Crippen LogP contribution is -2.11. The molecule has 2 aromatic carbocycles. The Bertz CT molecular complexity index is 889. The number of thiazole rings is 1. The number of nitrogens with one attached hydrogen (secondary N) is 1. The van der Waals surface area contributed by atoms with Gasteiger partial charge in [0.1, 0.15) is 5.75 Å². The number of rotatable bonds is 8. The number of ether oxygens (including phenoxy) is 1. The Labute approximate surface area is 158 Å². The zero-order chi connectivity index (χ0) is 18.4. The van der Waals surface area contributed by atoms with Crippen LogP contribution in [0.4, 0.5) is 5.13 Å². The highest BCUT2D eigenvalue weighted by atomic mass is 32.1. The minimum atomic E-state index is -0.169. The molecule has 26 heavy (non-hydrogen) atoms. The first kappa shape index (κ1) is 18.4. The number of anilines is 1. The van der Waals surface area contributed by atoms with Crippen LogP contribution in [0.5, 0.6) is 5.75 Å².